The second-order valence-electron chi connectivity index (χ2n) is 5.98. The van der Waals surface area contributed by atoms with Crippen LogP contribution in [0.4, 0.5) is 11.4 Å². The molecule has 2 aromatic rings. The summed E-state index contributed by atoms with van der Waals surface area (Å²) in [5.74, 6) is 0.102. The molecule has 0 atom stereocenters. The third-order valence-electron chi connectivity index (χ3n) is 4.28. The maximum absolute atomic E-state index is 12.7. The molecular weight excluding hydrogens is 366 g/mol. The normalized spacial score (nSPS) is 11.4. The molecule has 0 unspecified atom stereocenters. The van der Waals surface area contributed by atoms with Gasteiger partial charge in [-0.25, -0.2) is 8.42 Å². The van der Waals surface area contributed by atoms with E-state index in [-0.39, 0.29) is 10.5 Å². The topological polar surface area (TPSA) is 102 Å². The highest BCUT2D eigenvalue weighted by Crippen LogP contribution is 2.26. The number of nitrogens with one attached hydrogen (secondary N) is 1. The maximum Gasteiger partial charge on any atom is 0.255 e. The van der Waals surface area contributed by atoms with Gasteiger partial charge in [0.1, 0.15) is 5.75 Å². The summed E-state index contributed by atoms with van der Waals surface area (Å²) in [5, 5.41) is 2.74. The van der Waals surface area contributed by atoms with Gasteiger partial charge in [-0.1, -0.05) is 19.9 Å². The van der Waals surface area contributed by atoms with Gasteiger partial charge in [-0.3, -0.25) is 4.79 Å². The summed E-state index contributed by atoms with van der Waals surface area (Å²) in [4.78, 5) is 12.8. The highest BCUT2D eigenvalue weighted by Gasteiger charge is 2.23. The molecule has 3 N–H and O–H groups in total. The van der Waals surface area contributed by atoms with Gasteiger partial charge in [-0.2, -0.15) is 4.31 Å². The Morgan fingerprint density at radius 2 is 1.81 bits per heavy atom. The number of amides is 1. The van der Waals surface area contributed by atoms with E-state index in [0.717, 1.165) is 0 Å². The number of nitrogens with two attached hydrogens (primary N) is 1. The average Bonchev–Trinajstić information content (AvgIpc) is 2.62. The van der Waals surface area contributed by atoms with Crippen LogP contribution in [0.1, 0.15) is 29.8 Å². The Morgan fingerprint density at radius 3 is 2.37 bits per heavy atom. The zero-order valence-electron chi connectivity index (χ0n) is 15.9. The molecule has 0 aliphatic rings. The number of methoxy groups -OCH3 is 1. The van der Waals surface area contributed by atoms with E-state index in [9.17, 15) is 13.2 Å². The van der Waals surface area contributed by atoms with Crippen molar-refractivity contribution < 1.29 is 17.9 Å². The largest absolute Gasteiger partial charge is 0.495 e. The Morgan fingerprint density at radius 1 is 1.15 bits per heavy atom. The van der Waals surface area contributed by atoms with E-state index in [2.05, 4.69) is 5.32 Å². The molecule has 7 nitrogen and oxygen atoms in total. The zero-order chi connectivity index (χ0) is 20.2. The fraction of sp³-hybridized carbons (Fsp3) is 0.316. The molecule has 0 aliphatic carbocycles. The van der Waals surface area contributed by atoms with Crippen molar-refractivity contribution in [2.75, 3.05) is 31.2 Å². The van der Waals surface area contributed by atoms with Crippen LogP contribution in [0.2, 0.25) is 0 Å². The van der Waals surface area contributed by atoms with E-state index in [4.69, 9.17) is 10.5 Å². The first-order valence-corrected chi connectivity index (χ1v) is 10.0. The summed E-state index contributed by atoms with van der Waals surface area (Å²) in [5.41, 5.74) is 7.71. The molecule has 27 heavy (non-hydrogen) atoms. The predicted molar refractivity (Wildman–Crippen MR) is 107 cm³/mol. The van der Waals surface area contributed by atoms with Crippen molar-refractivity contribution in [1.29, 1.82) is 0 Å². The Kier molecular flexibility index (Phi) is 6.45. The van der Waals surface area contributed by atoms with Crippen LogP contribution >= 0.6 is 0 Å². The van der Waals surface area contributed by atoms with Crippen molar-refractivity contribution in [3.05, 3.63) is 47.5 Å². The summed E-state index contributed by atoms with van der Waals surface area (Å²) in [7, 11) is -2.14. The maximum atomic E-state index is 12.7. The van der Waals surface area contributed by atoms with Crippen molar-refractivity contribution in [3.63, 3.8) is 0 Å². The van der Waals surface area contributed by atoms with Gasteiger partial charge in [0.2, 0.25) is 10.0 Å². The minimum atomic E-state index is -3.65. The number of aryl methyl sites for hydroxylation is 1. The average molecular weight is 391 g/mol. The highest BCUT2D eigenvalue weighted by molar-refractivity contribution is 7.89. The zero-order valence-corrected chi connectivity index (χ0v) is 16.8. The number of hydrogen-bond acceptors (Lipinski definition) is 5. The van der Waals surface area contributed by atoms with Crippen LogP contribution in [0.25, 0.3) is 0 Å². The van der Waals surface area contributed by atoms with E-state index in [1.807, 2.05) is 0 Å². The molecule has 0 bridgehead atoms. The first-order valence-electron chi connectivity index (χ1n) is 8.60. The van der Waals surface area contributed by atoms with E-state index in [1.54, 1.807) is 45.0 Å². The van der Waals surface area contributed by atoms with Crippen LogP contribution in [-0.2, 0) is 10.0 Å². The lowest BCUT2D eigenvalue weighted by molar-refractivity contribution is 0.102. The van der Waals surface area contributed by atoms with Crippen molar-refractivity contribution in [3.8, 4) is 5.75 Å². The third-order valence-corrected chi connectivity index (χ3v) is 6.33. The van der Waals surface area contributed by atoms with Crippen molar-refractivity contribution in [1.82, 2.24) is 4.31 Å². The molecule has 0 heterocycles. The molecule has 0 aromatic heterocycles. The summed E-state index contributed by atoms with van der Waals surface area (Å²) >= 11 is 0. The number of nitrogen functional groups attached to an aromatic ring is 1. The lowest BCUT2D eigenvalue weighted by Gasteiger charge is -2.19. The minimum Gasteiger partial charge on any atom is -0.495 e. The summed E-state index contributed by atoms with van der Waals surface area (Å²) < 4.78 is 31.9. The molecule has 0 spiro atoms. The molecule has 0 fully saturated rings. The van der Waals surface area contributed by atoms with Crippen molar-refractivity contribution in [2.45, 2.75) is 25.7 Å². The lowest BCUT2D eigenvalue weighted by Crippen LogP contribution is -2.30. The number of rotatable bonds is 7. The first-order chi connectivity index (χ1) is 12.7. The van der Waals surface area contributed by atoms with Crippen LogP contribution in [0.15, 0.2) is 41.3 Å². The standard InChI is InChI=1S/C19H25N3O4S/c1-5-22(6-2)27(24,25)15-9-7-13(3)16(12-15)19(23)21-14-8-10-18(26-4)17(20)11-14/h7-12H,5-6,20H2,1-4H3,(H,21,23). The molecule has 2 aromatic carbocycles. The molecular formula is C19H25N3O4S. The van der Waals surface area contributed by atoms with Gasteiger partial charge in [0, 0.05) is 24.3 Å². The van der Waals surface area contributed by atoms with E-state index < -0.39 is 15.9 Å². The number of benzene rings is 2. The Labute approximate surface area is 160 Å². The number of anilines is 2. The Balaban J connectivity index is 2.35. The molecule has 0 saturated heterocycles. The molecule has 0 saturated carbocycles. The predicted octanol–water partition coefficient (Wildman–Crippen LogP) is 2.87. The summed E-state index contributed by atoms with van der Waals surface area (Å²) in [6, 6.07) is 9.46. The van der Waals surface area contributed by atoms with Gasteiger partial charge in [0.15, 0.2) is 0 Å². The van der Waals surface area contributed by atoms with Crippen LogP contribution in [0.3, 0.4) is 0 Å². The van der Waals surface area contributed by atoms with Gasteiger partial charge >= 0.3 is 0 Å². The molecule has 1 amide bonds. The number of carbonyl (C=O) groups is 1. The number of carbonyl (C=O) groups excluding carboxylic acids is 1. The first kappa shape index (κ1) is 20.7. The van der Waals surface area contributed by atoms with E-state index in [0.29, 0.717) is 35.8 Å². The van der Waals surface area contributed by atoms with Crippen LogP contribution in [0.5, 0.6) is 5.75 Å². The van der Waals surface area contributed by atoms with Gasteiger partial charge in [-0.15, -0.1) is 0 Å². The summed E-state index contributed by atoms with van der Waals surface area (Å²) in [6.07, 6.45) is 0. The second-order valence-corrected chi connectivity index (χ2v) is 7.91. The van der Waals surface area contributed by atoms with E-state index >= 15 is 0 Å². The fourth-order valence-electron chi connectivity index (χ4n) is 2.73. The molecule has 146 valence electrons. The second kappa shape index (κ2) is 8.41. The fourth-order valence-corrected chi connectivity index (χ4v) is 4.21. The van der Waals surface area contributed by atoms with Crippen molar-refractivity contribution >= 4 is 27.3 Å². The lowest BCUT2D eigenvalue weighted by atomic mass is 10.1. The van der Waals surface area contributed by atoms with Crippen LogP contribution < -0.4 is 15.8 Å². The highest BCUT2D eigenvalue weighted by atomic mass is 32.2. The number of hydrogen-bond donors (Lipinski definition) is 2. The van der Waals surface area contributed by atoms with E-state index in [1.165, 1.54) is 23.5 Å². The third kappa shape index (κ3) is 4.40. The van der Waals surface area contributed by atoms with Crippen LogP contribution in [0, 0.1) is 6.92 Å². The monoisotopic (exact) mass is 391 g/mol. The molecule has 0 aliphatic heterocycles. The Hall–Kier alpha value is -2.58. The van der Waals surface area contributed by atoms with Crippen molar-refractivity contribution in [2.24, 2.45) is 0 Å². The Bertz CT molecular complexity index is 938. The minimum absolute atomic E-state index is 0.0937. The quantitative estimate of drug-likeness (QED) is 0.707. The van der Waals surface area contributed by atoms with Gasteiger partial charge in [-0.05, 0) is 42.8 Å². The van der Waals surface area contributed by atoms with Gasteiger partial charge in [0.05, 0.1) is 17.7 Å². The summed E-state index contributed by atoms with van der Waals surface area (Å²) in [6.45, 7) is 6.03. The molecule has 8 heteroatoms. The number of nitrogens with zero attached hydrogens (tertiary/aromatic N) is 1. The SMILES string of the molecule is CCN(CC)S(=O)(=O)c1ccc(C)c(C(=O)Nc2ccc(OC)c(N)c2)c1. The number of sulfonamides is 1. The molecule has 0 radical (unpaired) electrons. The molecule has 2 rings (SSSR count). The smallest absolute Gasteiger partial charge is 0.255 e. The van der Waals surface area contributed by atoms with Crippen LogP contribution in [-0.4, -0.2) is 38.8 Å². The van der Waals surface area contributed by atoms with Gasteiger partial charge in [0.25, 0.3) is 5.91 Å². The van der Waals surface area contributed by atoms with Gasteiger partial charge < -0.3 is 15.8 Å². The number of ether oxygens (including phenoxy) is 1.